The predicted octanol–water partition coefficient (Wildman–Crippen LogP) is 3.32. The molecule has 1 saturated carbocycles. The molecule has 1 atom stereocenters. The van der Waals surface area contributed by atoms with Crippen LogP contribution in [-0.2, 0) is 9.59 Å². The van der Waals surface area contributed by atoms with Gasteiger partial charge in [0.2, 0.25) is 11.8 Å². The van der Waals surface area contributed by atoms with Gasteiger partial charge in [0.05, 0.1) is 11.6 Å². The molecular formula is C16H18BrFN2O2. The van der Waals surface area contributed by atoms with Crippen molar-refractivity contribution >= 4 is 33.4 Å². The summed E-state index contributed by atoms with van der Waals surface area (Å²) in [5.41, 5.74) is 0.153. The Labute approximate surface area is 137 Å². The van der Waals surface area contributed by atoms with E-state index in [1.54, 1.807) is 6.07 Å². The third-order valence-corrected chi connectivity index (χ3v) is 4.98. The molecule has 1 saturated heterocycles. The monoisotopic (exact) mass is 368 g/mol. The first kappa shape index (κ1) is 15.5. The van der Waals surface area contributed by atoms with Crippen molar-refractivity contribution in [1.82, 2.24) is 4.90 Å². The maximum atomic E-state index is 13.8. The Hall–Kier alpha value is -1.43. The standard InChI is InChI=1S/C16H18BrFN2O2/c17-11-5-6-14(13(18)8-11)19-16(22)10-7-15(21)20(9-10)12-3-1-2-4-12/h5-6,8,10,12H,1-4,7,9H2,(H,19,22)/t10-/m1/s1. The number of carbonyl (C=O) groups is 2. The number of carbonyl (C=O) groups excluding carboxylic acids is 2. The smallest absolute Gasteiger partial charge is 0.229 e. The van der Waals surface area contributed by atoms with Crippen LogP contribution in [0, 0.1) is 11.7 Å². The Kier molecular flexibility index (Phi) is 4.47. The zero-order valence-corrected chi connectivity index (χ0v) is 13.7. The highest BCUT2D eigenvalue weighted by Crippen LogP contribution is 2.30. The first-order valence-electron chi connectivity index (χ1n) is 7.60. The van der Waals surface area contributed by atoms with Gasteiger partial charge >= 0.3 is 0 Å². The van der Waals surface area contributed by atoms with Crippen LogP contribution in [-0.4, -0.2) is 29.3 Å². The molecule has 0 aromatic heterocycles. The first-order chi connectivity index (χ1) is 10.5. The molecule has 2 aliphatic rings. The van der Waals surface area contributed by atoms with Gasteiger partial charge in [-0.15, -0.1) is 0 Å². The second-order valence-corrected chi connectivity index (χ2v) is 6.91. The maximum absolute atomic E-state index is 13.8. The van der Waals surface area contributed by atoms with Gasteiger partial charge in [-0.3, -0.25) is 9.59 Å². The van der Waals surface area contributed by atoms with Crippen LogP contribution in [0.1, 0.15) is 32.1 Å². The zero-order valence-electron chi connectivity index (χ0n) is 12.1. The number of anilines is 1. The fraction of sp³-hybridized carbons (Fsp3) is 0.500. The molecule has 118 valence electrons. The average molecular weight is 369 g/mol. The molecule has 1 aromatic rings. The molecule has 0 radical (unpaired) electrons. The molecule has 6 heteroatoms. The van der Waals surface area contributed by atoms with Crippen molar-refractivity contribution in [3.8, 4) is 0 Å². The van der Waals surface area contributed by atoms with Gasteiger partial charge in [-0.1, -0.05) is 28.8 Å². The van der Waals surface area contributed by atoms with Gasteiger partial charge in [-0.2, -0.15) is 0 Å². The minimum atomic E-state index is -0.486. The van der Waals surface area contributed by atoms with E-state index < -0.39 is 11.7 Å². The van der Waals surface area contributed by atoms with Crippen LogP contribution in [0.2, 0.25) is 0 Å². The molecule has 1 aliphatic heterocycles. The van der Waals surface area contributed by atoms with E-state index in [1.807, 2.05) is 4.90 Å². The fourth-order valence-electron chi connectivity index (χ4n) is 3.30. The van der Waals surface area contributed by atoms with E-state index in [4.69, 9.17) is 0 Å². The lowest BCUT2D eigenvalue weighted by Gasteiger charge is -2.23. The highest BCUT2D eigenvalue weighted by molar-refractivity contribution is 9.10. The summed E-state index contributed by atoms with van der Waals surface area (Å²) < 4.78 is 14.4. The molecule has 1 aliphatic carbocycles. The second-order valence-electron chi connectivity index (χ2n) is 6.00. The van der Waals surface area contributed by atoms with E-state index in [1.165, 1.54) is 12.1 Å². The SMILES string of the molecule is O=C(Nc1ccc(Br)cc1F)[C@@H]1CC(=O)N(C2CCCC2)C1. The molecule has 3 rings (SSSR count). The van der Waals surface area contributed by atoms with Crippen molar-refractivity contribution < 1.29 is 14.0 Å². The molecule has 2 amide bonds. The molecule has 0 bridgehead atoms. The van der Waals surface area contributed by atoms with Gasteiger partial charge in [0.1, 0.15) is 5.82 Å². The van der Waals surface area contributed by atoms with Crippen LogP contribution in [0.4, 0.5) is 10.1 Å². The number of amides is 2. The van der Waals surface area contributed by atoms with E-state index in [0.717, 1.165) is 25.7 Å². The van der Waals surface area contributed by atoms with E-state index in [-0.39, 0.29) is 30.0 Å². The molecule has 0 spiro atoms. The number of hydrogen-bond acceptors (Lipinski definition) is 2. The number of hydrogen-bond donors (Lipinski definition) is 1. The van der Waals surface area contributed by atoms with Crippen LogP contribution in [0.15, 0.2) is 22.7 Å². The minimum Gasteiger partial charge on any atom is -0.339 e. The molecule has 0 unspecified atom stereocenters. The lowest BCUT2D eigenvalue weighted by molar-refractivity contribution is -0.129. The molecule has 22 heavy (non-hydrogen) atoms. The Balaban J connectivity index is 1.64. The summed E-state index contributed by atoms with van der Waals surface area (Å²) in [5, 5.41) is 2.60. The van der Waals surface area contributed by atoms with E-state index in [9.17, 15) is 14.0 Å². The average Bonchev–Trinajstić information content (AvgIpc) is 3.10. The van der Waals surface area contributed by atoms with Crippen molar-refractivity contribution in [2.75, 3.05) is 11.9 Å². The van der Waals surface area contributed by atoms with Gasteiger partial charge in [0, 0.05) is 23.5 Å². The predicted molar refractivity (Wildman–Crippen MR) is 84.8 cm³/mol. The summed E-state index contributed by atoms with van der Waals surface area (Å²) in [7, 11) is 0. The normalized spacial score (nSPS) is 22.4. The summed E-state index contributed by atoms with van der Waals surface area (Å²) in [6.45, 7) is 0.452. The van der Waals surface area contributed by atoms with Crippen LogP contribution < -0.4 is 5.32 Å². The fourth-order valence-corrected chi connectivity index (χ4v) is 3.63. The lowest BCUT2D eigenvalue weighted by Crippen LogP contribution is -2.35. The van der Waals surface area contributed by atoms with E-state index >= 15 is 0 Å². The number of halogens is 2. The summed E-state index contributed by atoms with van der Waals surface area (Å²) in [5.74, 6) is -1.12. The van der Waals surface area contributed by atoms with Crippen molar-refractivity contribution in [2.24, 2.45) is 5.92 Å². The number of likely N-dealkylation sites (tertiary alicyclic amines) is 1. The van der Waals surface area contributed by atoms with Crippen molar-refractivity contribution in [2.45, 2.75) is 38.1 Å². The second kappa shape index (κ2) is 6.36. The highest BCUT2D eigenvalue weighted by Gasteiger charge is 2.38. The Morgan fingerprint density at radius 1 is 1.32 bits per heavy atom. The van der Waals surface area contributed by atoms with Crippen molar-refractivity contribution in [3.63, 3.8) is 0 Å². The van der Waals surface area contributed by atoms with Crippen LogP contribution in [0.3, 0.4) is 0 Å². The van der Waals surface area contributed by atoms with Gasteiger partial charge in [0.25, 0.3) is 0 Å². The number of benzene rings is 1. The third-order valence-electron chi connectivity index (χ3n) is 4.48. The molecular weight excluding hydrogens is 351 g/mol. The molecule has 1 N–H and O–H groups in total. The topological polar surface area (TPSA) is 49.4 Å². The molecule has 1 heterocycles. The summed E-state index contributed by atoms with van der Waals surface area (Å²) >= 11 is 3.18. The van der Waals surface area contributed by atoms with Crippen molar-refractivity contribution in [3.05, 3.63) is 28.5 Å². The van der Waals surface area contributed by atoms with Crippen LogP contribution >= 0.6 is 15.9 Å². The summed E-state index contributed by atoms with van der Waals surface area (Å²) in [4.78, 5) is 26.2. The zero-order chi connectivity index (χ0) is 15.7. The molecule has 1 aromatic carbocycles. The van der Waals surface area contributed by atoms with Crippen molar-refractivity contribution in [1.29, 1.82) is 0 Å². The molecule has 4 nitrogen and oxygen atoms in total. The third kappa shape index (κ3) is 3.16. The van der Waals surface area contributed by atoms with E-state index in [2.05, 4.69) is 21.2 Å². The Morgan fingerprint density at radius 2 is 2.05 bits per heavy atom. The van der Waals surface area contributed by atoms with Gasteiger partial charge in [0.15, 0.2) is 0 Å². The Bertz CT molecular complexity index is 602. The maximum Gasteiger partial charge on any atom is 0.229 e. The molecule has 2 fully saturated rings. The quantitative estimate of drug-likeness (QED) is 0.889. The summed E-state index contributed by atoms with van der Waals surface area (Å²) in [6, 6.07) is 4.78. The van der Waals surface area contributed by atoms with E-state index in [0.29, 0.717) is 11.0 Å². The highest BCUT2D eigenvalue weighted by atomic mass is 79.9. The Morgan fingerprint density at radius 3 is 2.73 bits per heavy atom. The number of nitrogens with zero attached hydrogens (tertiary/aromatic N) is 1. The lowest BCUT2D eigenvalue weighted by atomic mass is 10.1. The summed E-state index contributed by atoms with van der Waals surface area (Å²) in [6.07, 6.45) is 4.58. The largest absolute Gasteiger partial charge is 0.339 e. The number of rotatable bonds is 3. The minimum absolute atomic E-state index is 0.0447. The van der Waals surface area contributed by atoms with Crippen LogP contribution in [0.25, 0.3) is 0 Å². The van der Waals surface area contributed by atoms with Gasteiger partial charge in [-0.05, 0) is 31.0 Å². The van der Waals surface area contributed by atoms with Crippen LogP contribution in [0.5, 0.6) is 0 Å². The first-order valence-corrected chi connectivity index (χ1v) is 8.39. The van der Waals surface area contributed by atoms with Gasteiger partial charge in [-0.25, -0.2) is 4.39 Å². The number of nitrogens with one attached hydrogen (secondary N) is 1. The van der Waals surface area contributed by atoms with Gasteiger partial charge < -0.3 is 10.2 Å².